The van der Waals surface area contributed by atoms with E-state index in [0.29, 0.717) is 53.5 Å². The number of anilines is 4. The number of ether oxygens (including phenoxy) is 3. The summed E-state index contributed by atoms with van der Waals surface area (Å²) in [6.07, 6.45) is 6.50. The Morgan fingerprint density at radius 3 is 2.36 bits per heavy atom. The van der Waals surface area contributed by atoms with Gasteiger partial charge in [-0.05, 0) is 56.9 Å². The third-order valence-electron chi connectivity index (χ3n) is 8.91. The molecule has 5 aromatic rings. The molecule has 0 bridgehead atoms. The fourth-order valence-corrected chi connectivity index (χ4v) is 6.17. The number of pyridine rings is 3. The molecule has 2 aromatic carbocycles. The lowest BCUT2D eigenvalue weighted by atomic mass is 10.0. The Morgan fingerprint density at radius 2 is 1.70 bits per heavy atom. The average Bonchev–Trinajstić information content (AvgIpc) is 3.15. The van der Waals surface area contributed by atoms with E-state index in [9.17, 15) is 9.59 Å². The van der Waals surface area contributed by atoms with Gasteiger partial charge in [-0.15, -0.1) is 0 Å². The summed E-state index contributed by atoms with van der Waals surface area (Å²) in [4.78, 5) is 40.5. The Bertz CT molecular complexity index is 2170. The van der Waals surface area contributed by atoms with Crippen molar-refractivity contribution < 1.29 is 27.8 Å². The van der Waals surface area contributed by atoms with Crippen molar-refractivity contribution in [1.82, 2.24) is 19.4 Å². The van der Waals surface area contributed by atoms with Crippen LogP contribution in [0.2, 0.25) is 0 Å². The van der Waals surface area contributed by atoms with Crippen molar-refractivity contribution >= 4 is 39.8 Å². The van der Waals surface area contributed by atoms with Gasteiger partial charge in [0.15, 0.2) is 23.1 Å². The Morgan fingerprint density at radius 1 is 0.981 bits per heavy atom. The fraction of sp³-hybridized carbons (Fsp3) is 0.282. The first kappa shape index (κ1) is 36.9. The molecule has 1 amide bonds. The number of carbonyl (C=O) groups excluding carboxylic acids is 1. The second-order valence-electron chi connectivity index (χ2n) is 12.7. The summed E-state index contributed by atoms with van der Waals surface area (Å²) in [5, 5.41) is 6.50. The van der Waals surface area contributed by atoms with E-state index in [4.69, 9.17) is 14.2 Å². The highest BCUT2D eigenvalue weighted by atomic mass is 19.1. The van der Waals surface area contributed by atoms with Gasteiger partial charge in [-0.1, -0.05) is 18.2 Å². The largest absolute Gasteiger partial charge is 0.494 e. The van der Waals surface area contributed by atoms with Crippen molar-refractivity contribution in [1.29, 1.82) is 0 Å². The minimum Gasteiger partial charge on any atom is -0.494 e. The maximum Gasteiger partial charge on any atom is 0.259 e. The highest BCUT2D eigenvalue weighted by Gasteiger charge is 2.27. The van der Waals surface area contributed by atoms with Crippen LogP contribution in [-0.4, -0.2) is 86.5 Å². The standard InChI is InChI=1S/C39H41F2N7O5/c1-24(25-8-6-9-27(18-25)44-35(49)10-7-13-46(2)3)48-30-20-34(45-33-12-11-28(23-43-33)47-14-16-53-17-15-47)42-22-26(30)19-29(39(48)50)36-37(40)31(51-4)21-32(52-5)38(36)41/h6-12,18-24H,13-17H2,1-5H3,(H,44,49)(H,42,43,45)/b10-7+. The molecule has 1 aliphatic heterocycles. The van der Waals surface area contributed by atoms with E-state index in [1.165, 1.54) is 37.1 Å². The highest BCUT2D eigenvalue weighted by molar-refractivity contribution is 5.99. The van der Waals surface area contributed by atoms with Crippen LogP contribution in [0.4, 0.5) is 31.8 Å². The number of nitrogens with zero attached hydrogens (tertiary/aromatic N) is 5. The molecular formula is C39H41F2N7O5. The number of likely N-dealkylation sites (N-methyl/N-ethyl adjacent to an activating group) is 1. The molecular weight excluding hydrogens is 684 g/mol. The topological polar surface area (TPSA) is 123 Å². The molecule has 3 aromatic heterocycles. The van der Waals surface area contributed by atoms with Crippen molar-refractivity contribution in [2.45, 2.75) is 13.0 Å². The predicted molar refractivity (Wildman–Crippen MR) is 202 cm³/mol. The first-order valence-electron chi connectivity index (χ1n) is 17.0. The van der Waals surface area contributed by atoms with Crippen LogP contribution >= 0.6 is 0 Å². The number of carbonyl (C=O) groups is 1. The van der Waals surface area contributed by atoms with Crippen LogP contribution in [0, 0.1) is 11.6 Å². The Hall–Kier alpha value is -5.86. The van der Waals surface area contributed by atoms with E-state index in [0.717, 1.165) is 24.8 Å². The van der Waals surface area contributed by atoms with E-state index in [1.54, 1.807) is 43.5 Å². The number of rotatable bonds is 12. The summed E-state index contributed by atoms with van der Waals surface area (Å²) in [6.45, 7) is 5.25. The number of hydrogen-bond donors (Lipinski definition) is 2. The minimum atomic E-state index is -1.05. The van der Waals surface area contributed by atoms with Gasteiger partial charge in [0, 0.05) is 55.1 Å². The molecule has 2 N–H and O–H groups in total. The summed E-state index contributed by atoms with van der Waals surface area (Å²) in [5.74, 6) is -2.06. The van der Waals surface area contributed by atoms with Crippen molar-refractivity contribution in [2.24, 2.45) is 0 Å². The van der Waals surface area contributed by atoms with Crippen LogP contribution in [0.25, 0.3) is 22.0 Å². The van der Waals surface area contributed by atoms with Gasteiger partial charge in [0.2, 0.25) is 5.91 Å². The molecule has 0 radical (unpaired) electrons. The Balaban J connectivity index is 1.44. The van der Waals surface area contributed by atoms with Crippen molar-refractivity contribution in [3.63, 3.8) is 0 Å². The van der Waals surface area contributed by atoms with Crippen molar-refractivity contribution in [3.8, 4) is 22.6 Å². The number of fused-ring (bicyclic) bond motifs is 1. The number of benzene rings is 2. The predicted octanol–water partition coefficient (Wildman–Crippen LogP) is 6.00. The lowest BCUT2D eigenvalue weighted by Crippen LogP contribution is -2.36. The van der Waals surface area contributed by atoms with Crippen LogP contribution in [0.15, 0.2) is 83.9 Å². The molecule has 1 aliphatic rings. The summed E-state index contributed by atoms with van der Waals surface area (Å²) < 4.78 is 49.0. The summed E-state index contributed by atoms with van der Waals surface area (Å²) in [7, 11) is 6.29. The zero-order chi connectivity index (χ0) is 37.6. The molecule has 0 saturated carbocycles. The van der Waals surface area contributed by atoms with Gasteiger partial charge in [0.1, 0.15) is 11.6 Å². The van der Waals surface area contributed by atoms with E-state index in [-0.39, 0.29) is 23.0 Å². The number of morpholine rings is 1. The number of hydrogen-bond acceptors (Lipinski definition) is 10. The number of nitrogens with one attached hydrogen (secondary N) is 2. The lowest BCUT2D eigenvalue weighted by Gasteiger charge is -2.28. The zero-order valence-corrected chi connectivity index (χ0v) is 30.2. The van der Waals surface area contributed by atoms with Crippen molar-refractivity contribution in [3.05, 3.63) is 107 Å². The molecule has 276 valence electrons. The average molecular weight is 726 g/mol. The van der Waals surface area contributed by atoms with Crippen LogP contribution in [0.1, 0.15) is 18.5 Å². The van der Waals surface area contributed by atoms with Crippen LogP contribution in [0.5, 0.6) is 11.5 Å². The first-order chi connectivity index (χ1) is 25.6. The van der Waals surface area contributed by atoms with Gasteiger partial charge in [0.25, 0.3) is 5.56 Å². The van der Waals surface area contributed by atoms with Crippen molar-refractivity contribution in [2.75, 3.05) is 76.7 Å². The third-order valence-corrected chi connectivity index (χ3v) is 8.91. The third kappa shape index (κ3) is 8.13. The van der Waals surface area contributed by atoms with Gasteiger partial charge < -0.3 is 39.2 Å². The minimum absolute atomic E-state index is 0.255. The molecule has 0 aliphatic carbocycles. The monoisotopic (exact) mass is 725 g/mol. The van der Waals surface area contributed by atoms with E-state index < -0.39 is 28.8 Å². The van der Waals surface area contributed by atoms with E-state index >= 15 is 8.78 Å². The highest BCUT2D eigenvalue weighted by Crippen LogP contribution is 2.38. The van der Waals surface area contributed by atoms with E-state index in [2.05, 4.69) is 25.5 Å². The van der Waals surface area contributed by atoms with Crippen LogP contribution in [0.3, 0.4) is 0 Å². The second-order valence-corrected chi connectivity index (χ2v) is 12.7. The van der Waals surface area contributed by atoms with Gasteiger partial charge in [-0.3, -0.25) is 9.59 Å². The maximum atomic E-state index is 15.9. The quantitative estimate of drug-likeness (QED) is 0.148. The van der Waals surface area contributed by atoms with Crippen LogP contribution < -0.4 is 30.6 Å². The van der Waals surface area contributed by atoms with Gasteiger partial charge in [0.05, 0.1) is 62.0 Å². The molecule has 4 heterocycles. The number of halogens is 2. The molecule has 1 atom stereocenters. The summed E-state index contributed by atoms with van der Waals surface area (Å²) in [5.41, 5.74) is 1.04. The normalized spacial score (nSPS) is 13.8. The Labute approximate surface area is 305 Å². The number of methoxy groups -OCH3 is 2. The fourth-order valence-electron chi connectivity index (χ4n) is 6.17. The number of amides is 1. The second kappa shape index (κ2) is 16.2. The maximum absolute atomic E-state index is 15.9. The molecule has 53 heavy (non-hydrogen) atoms. The smallest absolute Gasteiger partial charge is 0.259 e. The summed E-state index contributed by atoms with van der Waals surface area (Å²) >= 11 is 0. The molecule has 0 spiro atoms. The zero-order valence-electron chi connectivity index (χ0n) is 30.2. The molecule has 1 unspecified atom stereocenters. The molecule has 1 fully saturated rings. The molecule has 1 saturated heterocycles. The van der Waals surface area contributed by atoms with Gasteiger partial charge in [-0.2, -0.15) is 0 Å². The molecule has 14 heteroatoms. The first-order valence-corrected chi connectivity index (χ1v) is 17.0. The summed E-state index contributed by atoms with van der Waals surface area (Å²) in [6, 6.07) is 14.4. The lowest BCUT2D eigenvalue weighted by molar-refractivity contribution is -0.111. The van der Waals surface area contributed by atoms with Gasteiger partial charge >= 0.3 is 0 Å². The molecule has 12 nitrogen and oxygen atoms in total. The number of aromatic nitrogens is 3. The van der Waals surface area contributed by atoms with Gasteiger partial charge in [-0.25, -0.2) is 18.7 Å². The molecule has 6 rings (SSSR count). The van der Waals surface area contributed by atoms with Crippen LogP contribution in [-0.2, 0) is 9.53 Å². The SMILES string of the molecule is COc1cc(OC)c(F)c(-c2cc3cnc(Nc4ccc(N5CCOCC5)cn4)cc3n(C(C)c3cccc(NC(=O)/C=C/CN(C)C)c3)c2=O)c1F. The Kier molecular flexibility index (Phi) is 11.3. The van der Waals surface area contributed by atoms with E-state index in [1.807, 2.05) is 37.2 Å².